The summed E-state index contributed by atoms with van der Waals surface area (Å²) >= 11 is 0. The number of carbonyl (C=O) groups is 1. The van der Waals surface area contributed by atoms with Gasteiger partial charge in [0.05, 0.1) is 23.5 Å². The number of ether oxygens (including phenoxy) is 1. The van der Waals surface area contributed by atoms with Crippen molar-refractivity contribution in [3.05, 3.63) is 35.9 Å². The van der Waals surface area contributed by atoms with E-state index < -0.39 is 0 Å². The first-order valence-electron chi connectivity index (χ1n) is 6.40. The molecule has 0 amide bonds. The summed E-state index contributed by atoms with van der Waals surface area (Å²) in [7, 11) is 0. The van der Waals surface area contributed by atoms with Crippen LogP contribution in [0, 0.1) is 0 Å². The average Bonchev–Trinajstić information content (AvgIpc) is 2.83. The molecule has 3 heterocycles. The molecule has 0 spiro atoms. The summed E-state index contributed by atoms with van der Waals surface area (Å²) in [6, 6.07) is 5.65. The van der Waals surface area contributed by atoms with E-state index in [4.69, 9.17) is 4.74 Å². The molecule has 2 aromatic rings. The summed E-state index contributed by atoms with van der Waals surface area (Å²) in [5, 5.41) is 0. The predicted octanol–water partition coefficient (Wildman–Crippen LogP) is 2.26. The molecule has 0 radical (unpaired) electrons. The number of fused-ring (bicyclic) bond motifs is 1. The molecule has 0 bridgehead atoms. The number of aldehydes is 1. The minimum atomic E-state index is 0.240. The number of rotatable bonds is 3. The van der Waals surface area contributed by atoms with Crippen LogP contribution in [0.1, 0.15) is 35.6 Å². The van der Waals surface area contributed by atoms with E-state index in [0.29, 0.717) is 5.69 Å². The Morgan fingerprint density at radius 1 is 1.44 bits per heavy atom. The van der Waals surface area contributed by atoms with Crippen molar-refractivity contribution in [2.75, 3.05) is 6.61 Å². The second-order valence-corrected chi connectivity index (χ2v) is 4.70. The van der Waals surface area contributed by atoms with Gasteiger partial charge in [-0.05, 0) is 31.4 Å². The molecule has 4 nitrogen and oxygen atoms in total. The zero-order valence-corrected chi connectivity index (χ0v) is 10.2. The Morgan fingerprint density at radius 2 is 2.39 bits per heavy atom. The van der Waals surface area contributed by atoms with Crippen LogP contribution in [0.5, 0.6) is 0 Å². The SMILES string of the molecule is O=Cc1cccc2cnc(CC3CCCCO3)n12. The van der Waals surface area contributed by atoms with Crippen LogP contribution in [-0.4, -0.2) is 28.4 Å². The maximum Gasteiger partial charge on any atom is 0.166 e. The fraction of sp³-hybridized carbons (Fsp3) is 0.429. The third-order valence-corrected chi connectivity index (χ3v) is 3.46. The highest BCUT2D eigenvalue weighted by molar-refractivity contribution is 5.74. The molecular formula is C14H16N2O2. The summed E-state index contributed by atoms with van der Waals surface area (Å²) in [6.45, 7) is 0.842. The van der Waals surface area contributed by atoms with Crippen LogP contribution in [0.25, 0.3) is 5.52 Å². The molecule has 0 N–H and O–H groups in total. The first-order valence-corrected chi connectivity index (χ1v) is 6.40. The summed E-state index contributed by atoms with van der Waals surface area (Å²) < 4.78 is 7.65. The number of aromatic nitrogens is 2. The molecular weight excluding hydrogens is 228 g/mol. The van der Waals surface area contributed by atoms with Crippen LogP contribution in [-0.2, 0) is 11.2 Å². The summed E-state index contributed by atoms with van der Waals surface area (Å²) in [4.78, 5) is 15.5. The zero-order valence-electron chi connectivity index (χ0n) is 10.2. The maximum absolute atomic E-state index is 11.1. The zero-order chi connectivity index (χ0) is 12.4. The van der Waals surface area contributed by atoms with Crippen molar-refractivity contribution in [1.82, 2.24) is 9.38 Å². The molecule has 1 unspecified atom stereocenters. The number of imidazole rings is 1. The van der Waals surface area contributed by atoms with Gasteiger partial charge in [-0.1, -0.05) is 6.07 Å². The minimum absolute atomic E-state index is 0.240. The Bertz CT molecular complexity index is 556. The lowest BCUT2D eigenvalue weighted by molar-refractivity contribution is 0.0155. The maximum atomic E-state index is 11.1. The van der Waals surface area contributed by atoms with Gasteiger partial charge in [0.2, 0.25) is 0 Å². The predicted molar refractivity (Wildman–Crippen MR) is 67.9 cm³/mol. The standard InChI is InChI=1S/C14H16N2O2/c17-10-12-5-3-4-11-9-15-14(16(11)12)8-13-6-1-2-7-18-13/h3-5,9-10,13H,1-2,6-8H2. The van der Waals surface area contributed by atoms with Gasteiger partial charge in [0, 0.05) is 13.0 Å². The van der Waals surface area contributed by atoms with Crippen LogP contribution in [0.2, 0.25) is 0 Å². The second kappa shape index (κ2) is 4.90. The third kappa shape index (κ3) is 2.04. The molecule has 0 aliphatic carbocycles. The van der Waals surface area contributed by atoms with Gasteiger partial charge < -0.3 is 4.74 Å². The quantitative estimate of drug-likeness (QED) is 0.778. The Morgan fingerprint density at radius 3 is 3.17 bits per heavy atom. The van der Waals surface area contributed by atoms with Gasteiger partial charge in [0.25, 0.3) is 0 Å². The van der Waals surface area contributed by atoms with Crippen LogP contribution >= 0.6 is 0 Å². The minimum Gasteiger partial charge on any atom is -0.378 e. The molecule has 1 aliphatic heterocycles. The molecule has 3 rings (SSSR count). The first-order chi connectivity index (χ1) is 8.88. The highest BCUT2D eigenvalue weighted by Crippen LogP contribution is 2.18. The van der Waals surface area contributed by atoms with Gasteiger partial charge in [-0.2, -0.15) is 0 Å². The van der Waals surface area contributed by atoms with Gasteiger partial charge in [-0.25, -0.2) is 4.98 Å². The lowest BCUT2D eigenvalue weighted by atomic mass is 10.1. The van der Waals surface area contributed by atoms with Gasteiger partial charge >= 0.3 is 0 Å². The topological polar surface area (TPSA) is 43.6 Å². The van der Waals surface area contributed by atoms with E-state index in [1.165, 1.54) is 6.42 Å². The summed E-state index contributed by atoms with van der Waals surface area (Å²) in [6.07, 6.45) is 7.15. The third-order valence-electron chi connectivity index (χ3n) is 3.46. The average molecular weight is 244 g/mol. The van der Waals surface area contributed by atoms with E-state index in [1.807, 2.05) is 28.8 Å². The number of pyridine rings is 1. The van der Waals surface area contributed by atoms with Gasteiger partial charge in [-0.15, -0.1) is 0 Å². The van der Waals surface area contributed by atoms with E-state index in [9.17, 15) is 4.79 Å². The molecule has 1 saturated heterocycles. The van der Waals surface area contributed by atoms with E-state index in [0.717, 1.165) is 43.5 Å². The van der Waals surface area contributed by atoms with Crippen LogP contribution in [0.15, 0.2) is 24.4 Å². The van der Waals surface area contributed by atoms with Crippen molar-refractivity contribution in [3.63, 3.8) is 0 Å². The van der Waals surface area contributed by atoms with Crippen LogP contribution in [0.4, 0.5) is 0 Å². The molecule has 1 aliphatic rings. The Labute approximate surface area is 106 Å². The van der Waals surface area contributed by atoms with Gasteiger partial charge in [-0.3, -0.25) is 9.20 Å². The van der Waals surface area contributed by atoms with E-state index in [2.05, 4.69) is 4.98 Å². The highest BCUT2D eigenvalue weighted by atomic mass is 16.5. The second-order valence-electron chi connectivity index (χ2n) is 4.70. The first kappa shape index (κ1) is 11.4. The van der Waals surface area contributed by atoms with Crippen LogP contribution < -0.4 is 0 Å². The molecule has 1 atom stereocenters. The van der Waals surface area contributed by atoms with Gasteiger partial charge in [0.1, 0.15) is 5.82 Å². The summed E-state index contributed by atoms with van der Waals surface area (Å²) in [5.74, 6) is 0.916. The lowest BCUT2D eigenvalue weighted by Gasteiger charge is -2.22. The van der Waals surface area contributed by atoms with Crippen molar-refractivity contribution in [2.24, 2.45) is 0 Å². The number of carbonyl (C=O) groups excluding carboxylic acids is 1. The Balaban J connectivity index is 1.93. The number of hydrogen-bond donors (Lipinski definition) is 0. The molecule has 0 saturated carbocycles. The fourth-order valence-corrected chi connectivity index (χ4v) is 2.55. The fourth-order valence-electron chi connectivity index (χ4n) is 2.55. The Kier molecular flexibility index (Phi) is 3.11. The molecule has 94 valence electrons. The largest absolute Gasteiger partial charge is 0.378 e. The van der Waals surface area contributed by atoms with Crippen molar-refractivity contribution >= 4 is 11.8 Å². The van der Waals surface area contributed by atoms with Crippen LogP contribution in [0.3, 0.4) is 0 Å². The van der Waals surface area contributed by atoms with Crippen molar-refractivity contribution in [3.8, 4) is 0 Å². The molecule has 0 aromatic carbocycles. The lowest BCUT2D eigenvalue weighted by Crippen LogP contribution is -2.22. The smallest absolute Gasteiger partial charge is 0.166 e. The molecule has 2 aromatic heterocycles. The van der Waals surface area contributed by atoms with Gasteiger partial charge in [0.15, 0.2) is 6.29 Å². The van der Waals surface area contributed by atoms with Crippen molar-refractivity contribution < 1.29 is 9.53 Å². The number of nitrogens with zero attached hydrogens (tertiary/aromatic N) is 2. The van der Waals surface area contributed by atoms with E-state index in [1.54, 1.807) is 0 Å². The van der Waals surface area contributed by atoms with Crippen molar-refractivity contribution in [1.29, 1.82) is 0 Å². The summed E-state index contributed by atoms with van der Waals surface area (Å²) in [5.41, 5.74) is 1.61. The normalized spacial score (nSPS) is 20.1. The Hall–Kier alpha value is -1.68. The number of hydrogen-bond acceptors (Lipinski definition) is 3. The van der Waals surface area contributed by atoms with E-state index >= 15 is 0 Å². The molecule has 1 fully saturated rings. The van der Waals surface area contributed by atoms with Crippen molar-refractivity contribution in [2.45, 2.75) is 31.8 Å². The van der Waals surface area contributed by atoms with E-state index in [-0.39, 0.29) is 6.10 Å². The highest BCUT2D eigenvalue weighted by Gasteiger charge is 2.17. The monoisotopic (exact) mass is 244 g/mol. The molecule has 4 heteroatoms. The molecule has 18 heavy (non-hydrogen) atoms.